The molecule has 39 heavy (non-hydrogen) atoms. The number of hydrogen-bond donors (Lipinski definition) is 1. The number of aromatic hydroxyl groups is 1. The summed E-state index contributed by atoms with van der Waals surface area (Å²) in [6.07, 6.45) is 1.31. The number of phenols is 1. The van der Waals surface area contributed by atoms with E-state index in [9.17, 15) is 19.6 Å². The number of phenolic OH excluding ortho intramolecular Hbond substituents is 1. The van der Waals surface area contributed by atoms with E-state index >= 15 is 0 Å². The van der Waals surface area contributed by atoms with E-state index in [4.69, 9.17) is 16.6 Å². The maximum Gasteiger partial charge on any atom is 0.246 e. The average molecular weight is 549 g/mol. The second-order valence-electron chi connectivity index (χ2n) is 10.2. The number of anilines is 2. The fourth-order valence-electron chi connectivity index (χ4n) is 5.46. The fraction of sp³-hybridized carbons (Fsp3) is 0.345. The van der Waals surface area contributed by atoms with Gasteiger partial charge in [0.15, 0.2) is 0 Å². The molecular weight excluding hydrogens is 519 g/mol. The largest absolute Gasteiger partial charge is 0.507 e. The van der Waals surface area contributed by atoms with Gasteiger partial charge < -0.3 is 24.7 Å². The highest BCUT2D eigenvalue weighted by atomic mass is 35.5. The van der Waals surface area contributed by atoms with Crippen LogP contribution in [0.5, 0.6) is 5.75 Å². The van der Waals surface area contributed by atoms with Gasteiger partial charge in [0.1, 0.15) is 29.0 Å². The van der Waals surface area contributed by atoms with Crippen molar-refractivity contribution in [3.8, 4) is 22.9 Å². The topological polar surface area (TPSA) is 86.9 Å². The molecule has 0 atom stereocenters. The molecule has 10 heteroatoms. The van der Waals surface area contributed by atoms with Crippen LogP contribution in [0.1, 0.15) is 11.1 Å². The first kappa shape index (κ1) is 26.7. The fourth-order valence-corrected chi connectivity index (χ4v) is 5.80. The third-order valence-electron chi connectivity index (χ3n) is 7.76. The minimum atomic E-state index is -0.590. The van der Waals surface area contributed by atoms with Crippen molar-refractivity contribution in [2.24, 2.45) is 0 Å². The molecule has 0 spiro atoms. The van der Waals surface area contributed by atoms with Gasteiger partial charge in [0.25, 0.3) is 0 Å². The van der Waals surface area contributed by atoms with E-state index in [0.717, 1.165) is 13.1 Å². The van der Waals surface area contributed by atoms with Crippen LogP contribution in [0, 0.1) is 24.1 Å². The molecule has 2 aliphatic heterocycles. The summed E-state index contributed by atoms with van der Waals surface area (Å²) in [5, 5.41) is 21.9. The quantitative estimate of drug-likeness (QED) is 0.479. The van der Waals surface area contributed by atoms with Crippen molar-refractivity contribution in [1.82, 2.24) is 14.8 Å². The Morgan fingerprint density at radius 1 is 1.23 bits per heavy atom. The summed E-state index contributed by atoms with van der Waals surface area (Å²) in [4.78, 5) is 25.2. The zero-order chi connectivity index (χ0) is 28.0. The van der Waals surface area contributed by atoms with E-state index in [-0.39, 0.29) is 22.2 Å². The van der Waals surface area contributed by atoms with Gasteiger partial charge >= 0.3 is 0 Å². The van der Waals surface area contributed by atoms with Crippen LogP contribution in [0.3, 0.4) is 0 Å². The van der Waals surface area contributed by atoms with Crippen molar-refractivity contribution in [2.75, 3.05) is 63.2 Å². The van der Waals surface area contributed by atoms with E-state index in [0.29, 0.717) is 71.3 Å². The van der Waals surface area contributed by atoms with Crippen LogP contribution in [0.25, 0.3) is 22.0 Å². The average Bonchev–Trinajstić information content (AvgIpc) is 2.88. The number of nitriles is 1. The molecule has 1 amide bonds. The summed E-state index contributed by atoms with van der Waals surface area (Å²) >= 11 is 6.78. The van der Waals surface area contributed by atoms with Gasteiger partial charge in [-0.1, -0.05) is 24.2 Å². The molecule has 2 aliphatic rings. The number of halogens is 2. The highest BCUT2D eigenvalue weighted by Gasteiger charge is 2.34. The van der Waals surface area contributed by atoms with Crippen molar-refractivity contribution in [1.29, 1.82) is 5.26 Å². The number of pyridine rings is 1. The standard InChI is InChI=1S/C29H30ClFN6O2/c1-5-24(39)35-9-11-36(12-10-35)28-19-13-21(30)25(26-22(31)7-6-8-23(26)38)17(2)27(19)33-29(20(28)14-32)37-15-18(16-37)34(3)4/h5-8,13,18,38H,1,9-12,15-16H2,2-4H3. The third kappa shape index (κ3) is 4.54. The molecule has 2 aromatic carbocycles. The van der Waals surface area contributed by atoms with Crippen LogP contribution in [-0.4, -0.2) is 85.2 Å². The van der Waals surface area contributed by atoms with Crippen LogP contribution < -0.4 is 9.80 Å². The lowest BCUT2D eigenvalue weighted by Crippen LogP contribution is -2.58. The molecular formula is C29H30ClFN6O2. The zero-order valence-electron chi connectivity index (χ0n) is 22.2. The van der Waals surface area contributed by atoms with Gasteiger partial charge in [-0.2, -0.15) is 5.26 Å². The highest BCUT2D eigenvalue weighted by molar-refractivity contribution is 6.35. The number of fused-ring (bicyclic) bond motifs is 1. The van der Waals surface area contributed by atoms with Crippen molar-refractivity contribution < 1.29 is 14.3 Å². The van der Waals surface area contributed by atoms with Crippen molar-refractivity contribution in [3.05, 3.63) is 58.9 Å². The predicted octanol–water partition coefficient (Wildman–Crippen LogP) is 4.16. The molecule has 0 aliphatic carbocycles. The molecule has 2 saturated heterocycles. The number of carbonyl (C=O) groups is 1. The zero-order valence-corrected chi connectivity index (χ0v) is 23.0. The Balaban J connectivity index is 1.72. The minimum absolute atomic E-state index is 0.0179. The lowest BCUT2D eigenvalue weighted by molar-refractivity contribution is -0.126. The molecule has 3 aromatic rings. The number of likely N-dealkylation sites (N-methyl/N-ethyl adjacent to an activating group) is 1. The maximum atomic E-state index is 15.0. The van der Waals surface area contributed by atoms with E-state index < -0.39 is 5.82 Å². The molecule has 5 rings (SSSR count). The number of rotatable bonds is 5. The molecule has 1 N–H and O–H groups in total. The van der Waals surface area contributed by atoms with Crippen LogP contribution in [-0.2, 0) is 4.79 Å². The second-order valence-corrected chi connectivity index (χ2v) is 10.6. The monoisotopic (exact) mass is 548 g/mol. The van der Waals surface area contributed by atoms with Gasteiger partial charge in [-0.05, 0) is 50.9 Å². The van der Waals surface area contributed by atoms with Crippen LogP contribution in [0.4, 0.5) is 15.9 Å². The normalized spacial score (nSPS) is 16.0. The summed E-state index contributed by atoms with van der Waals surface area (Å²) in [6.45, 7) is 8.82. The molecule has 1 aromatic heterocycles. The molecule has 202 valence electrons. The van der Waals surface area contributed by atoms with E-state index in [1.807, 2.05) is 14.1 Å². The Bertz CT molecular complexity index is 1500. The van der Waals surface area contributed by atoms with E-state index in [1.54, 1.807) is 17.9 Å². The summed E-state index contributed by atoms with van der Waals surface area (Å²) < 4.78 is 15.0. The lowest BCUT2D eigenvalue weighted by Gasteiger charge is -2.44. The SMILES string of the molecule is C=CC(=O)N1CCN(c2c(C#N)c(N3CC(N(C)C)C3)nc3c(C)c(-c4c(O)cccc4F)c(Cl)cc23)CC1. The summed E-state index contributed by atoms with van der Waals surface area (Å²) in [5.41, 5.74) is 2.72. The van der Waals surface area contributed by atoms with Gasteiger partial charge in [-0.15, -0.1) is 0 Å². The van der Waals surface area contributed by atoms with Crippen molar-refractivity contribution in [2.45, 2.75) is 13.0 Å². The number of hydrogen-bond acceptors (Lipinski definition) is 7. The Morgan fingerprint density at radius 3 is 2.51 bits per heavy atom. The van der Waals surface area contributed by atoms with Crippen molar-refractivity contribution in [3.63, 3.8) is 0 Å². The highest BCUT2D eigenvalue weighted by Crippen LogP contribution is 2.45. The van der Waals surface area contributed by atoms with Gasteiger partial charge in [0.05, 0.1) is 16.8 Å². The molecule has 8 nitrogen and oxygen atoms in total. The third-order valence-corrected chi connectivity index (χ3v) is 8.05. The lowest BCUT2D eigenvalue weighted by atomic mass is 9.94. The van der Waals surface area contributed by atoms with Gasteiger partial charge in [-0.3, -0.25) is 4.79 Å². The molecule has 0 radical (unpaired) electrons. The maximum absolute atomic E-state index is 15.0. The van der Waals surface area contributed by atoms with Crippen LogP contribution >= 0.6 is 11.6 Å². The number of nitrogens with zero attached hydrogens (tertiary/aromatic N) is 6. The number of carbonyl (C=O) groups excluding carboxylic acids is 1. The second kappa shape index (κ2) is 10.4. The molecule has 0 bridgehead atoms. The Kier molecular flexibility index (Phi) is 7.10. The van der Waals surface area contributed by atoms with Gasteiger partial charge in [0.2, 0.25) is 5.91 Å². The summed E-state index contributed by atoms with van der Waals surface area (Å²) in [6, 6.07) is 8.58. The summed E-state index contributed by atoms with van der Waals surface area (Å²) in [7, 11) is 4.05. The number of aromatic nitrogens is 1. The van der Waals surface area contributed by atoms with Gasteiger partial charge in [0, 0.05) is 61.3 Å². The smallest absolute Gasteiger partial charge is 0.246 e. The first-order valence-corrected chi connectivity index (χ1v) is 13.2. The first-order valence-electron chi connectivity index (χ1n) is 12.8. The Hall–Kier alpha value is -3.87. The number of piperazine rings is 1. The van der Waals surface area contributed by atoms with E-state index in [2.05, 4.69) is 27.3 Å². The van der Waals surface area contributed by atoms with E-state index in [1.165, 1.54) is 24.3 Å². The molecule has 3 heterocycles. The van der Waals surface area contributed by atoms with Crippen molar-refractivity contribution >= 4 is 39.9 Å². The predicted molar refractivity (Wildman–Crippen MR) is 152 cm³/mol. The minimum Gasteiger partial charge on any atom is -0.507 e. The number of amides is 1. The number of benzene rings is 2. The molecule has 2 fully saturated rings. The summed E-state index contributed by atoms with van der Waals surface area (Å²) in [5.74, 6) is -0.364. The molecule has 0 saturated carbocycles. The number of aryl methyl sites for hydroxylation is 1. The van der Waals surface area contributed by atoms with Gasteiger partial charge in [-0.25, -0.2) is 9.37 Å². The van der Waals surface area contributed by atoms with Crippen LogP contribution in [0.2, 0.25) is 5.02 Å². The van der Waals surface area contributed by atoms with Crippen LogP contribution in [0.15, 0.2) is 36.9 Å². The Labute approximate surface area is 232 Å². The molecule has 0 unspecified atom stereocenters. The Morgan fingerprint density at radius 2 is 1.92 bits per heavy atom. The first-order chi connectivity index (χ1) is 18.7.